The van der Waals surface area contributed by atoms with E-state index >= 15 is 0 Å². The van der Waals surface area contributed by atoms with Crippen molar-refractivity contribution >= 4 is 5.91 Å². The molecule has 0 N–H and O–H groups in total. The number of likely N-dealkylation sites (tertiary alicyclic amines) is 1. The predicted octanol–water partition coefficient (Wildman–Crippen LogP) is 3.77. The van der Waals surface area contributed by atoms with Crippen molar-refractivity contribution < 1.29 is 9.32 Å². The lowest BCUT2D eigenvalue weighted by Crippen LogP contribution is -2.45. The molecule has 1 amide bonds. The molecule has 1 saturated heterocycles. The summed E-state index contributed by atoms with van der Waals surface area (Å²) in [6.45, 7) is 3.64. The Morgan fingerprint density at radius 1 is 1.12 bits per heavy atom. The van der Waals surface area contributed by atoms with Crippen LogP contribution in [-0.4, -0.2) is 34.0 Å². The fourth-order valence-electron chi connectivity index (χ4n) is 5.47. The van der Waals surface area contributed by atoms with Gasteiger partial charge in [-0.3, -0.25) is 4.79 Å². The molecule has 2 saturated carbocycles. The summed E-state index contributed by atoms with van der Waals surface area (Å²) in [5.74, 6) is 4.33. The molecule has 3 aliphatic rings. The number of hydrogen-bond donors (Lipinski definition) is 0. The summed E-state index contributed by atoms with van der Waals surface area (Å²) in [7, 11) is 0. The molecule has 1 aromatic heterocycles. The van der Waals surface area contributed by atoms with Crippen LogP contribution >= 0.6 is 0 Å². The minimum atomic E-state index is 0.283. The van der Waals surface area contributed by atoms with E-state index in [1.807, 2.05) is 6.92 Å². The van der Waals surface area contributed by atoms with Gasteiger partial charge in [0.15, 0.2) is 5.82 Å². The van der Waals surface area contributed by atoms with Gasteiger partial charge in [-0.2, -0.15) is 4.98 Å². The van der Waals surface area contributed by atoms with Gasteiger partial charge in [0.25, 0.3) is 0 Å². The smallest absolute Gasteiger partial charge is 0.225 e. The number of carbonyl (C=O) groups excluding carboxylic acids is 1. The van der Waals surface area contributed by atoms with Crippen LogP contribution in [0.25, 0.3) is 0 Å². The fraction of sp³-hybridized carbons (Fsp3) is 0.850. The van der Waals surface area contributed by atoms with Gasteiger partial charge in [0.1, 0.15) is 0 Å². The maximum Gasteiger partial charge on any atom is 0.225 e. The standard InChI is InChI=1S/C20H31N3O2/c1-14-21-19(22-25-14)11-15-5-4-10-23(13-15)20(24)18-9-8-16-6-2-3-7-17(16)12-18/h15-18H,2-13H2,1H3/t15-,16+,17+,18+/m0/s1. The zero-order valence-corrected chi connectivity index (χ0v) is 15.5. The van der Waals surface area contributed by atoms with E-state index in [1.165, 1.54) is 32.1 Å². The molecule has 5 heteroatoms. The Hall–Kier alpha value is -1.39. The number of rotatable bonds is 3. The second-order valence-corrected chi connectivity index (χ2v) is 8.54. The van der Waals surface area contributed by atoms with Crippen LogP contribution in [0, 0.1) is 30.6 Å². The van der Waals surface area contributed by atoms with Crippen molar-refractivity contribution in [2.24, 2.45) is 23.7 Å². The third-order valence-electron chi connectivity index (χ3n) is 6.76. The first-order valence-electron chi connectivity index (χ1n) is 10.3. The molecule has 4 rings (SSSR count). The molecule has 2 aliphatic carbocycles. The number of hydrogen-bond acceptors (Lipinski definition) is 4. The number of aryl methyl sites for hydroxylation is 1. The van der Waals surface area contributed by atoms with Gasteiger partial charge in [0.05, 0.1) is 0 Å². The molecular formula is C20H31N3O2. The molecule has 25 heavy (non-hydrogen) atoms. The van der Waals surface area contributed by atoms with Crippen LogP contribution in [-0.2, 0) is 11.2 Å². The van der Waals surface area contributed by atoms with Crippen molar-refractivity contribution in [3.8, 4) is 0 Å². The molecular weight excluding hydrogens is 314 g/mol. The summed E-state index contributed by atoms with van der Waals surface area (Å²) < 4.78 is 5.08. The second kappa shape index (κ2) is 7.46. The van der Waals surface area contributed by atoms with E-state index in [-0.39, 0.29) is 5.92 Å². The zero-order valence-electron chi connectivity index (χ0n) is 15.5. The Kier molecular flexibility index (Phi) is 5.09. The summed E-state index contributed by atoms with van der Waals surface area (Å²) in [5, 5.41) is 4.03. The summed E-state index contributed by atoms with van der Waals surface area (Å²) in [5.41, 5.74) is 0. The van der Waals surface area contributed by atoms with Gasteiger partial charge in [-0.25, -0.2) is 0 Å². The molecule has 5 nitrogen and oxygen atoms in total. The Morgan fingerprint density at radius 3 is 2.76 bits per heavy atom. The number of amides is 1. The van der Waals surface area contributed by atoms with Gasteiger partial charge < -0.3 is 9.42 Å². The number of fused-ring (bicyclic) bond motifs is 1. The van der Waals surface area contributed by atoms with Crippen LogP contribution in [0.5, 0.6) is 0 Å². The first-order valence-corrected chi connectivity index (χ1v) is 10.3. The van der Waals surface area contributed by atoms with Gasteiger partial charge in [-0.1, -0.05) is 30.8 Å². The van der Waals surface area contributed by atoms with Crippen LogP contribution in [0.15, 0.2) is 4.52 Å². The van der Waals surface area contributed by atoms with Gasteiger partial charge >= 0.3 is 0 Å². The quantitative estimate of drug-likeness (QED) is 0.837. The summed E-state index contributed by atoms with van der Waals surface area (Å²) in [4.78, 5) is 19.6. The van der Waals surface area contributed by atoms with E-state index in [9.17, 15) is 4.79 Å². The van der Waals surface area contributed by atoms with Crippen molar-refractivity contribution in [2.45, 2.75) is 71.1 Å². The van der Waals surface area contributed by atoms with Crippen LogP contribution in [0.4, 0.5) is 0 Å². The third-order valence-corrected chi connectivity index (χ3v) is 6.76. The van der Waals surface area contributed by atoms with Crippen LogP contribution in [0.3, 0.4) is 0 Å². The van der Waals surface area contributed by atoms with E-state index in [2.05, 4.69) is 15.0 Å². The highest BCUT2D eigenvalue weighted by Gasteiger charge is 2.37. The number of piperidine rings is 1. The fourth-order valence-corrected chi connectivity index (χ4v) is 5.47. The van der Waals surface area contributed by atoms with Crippen molar-refractivity contribution in [1.82, 2.24) is 15.0 Å². The second-order valence-electron chi connectivity index (χ2n) is 8.54. The molecule has 3 fully saturated rings. The van der Waals surface area contributed by atoms with Crippen LogP contribution in [0.1, 0.15) is 69.5 Å². The van der Waals surface area contributed by atoms with Gasteiger partial charge in [-0.15, -0.1) is 0 Å². The molecule has 0 spiro atoms. The van der Waals surface area contributed by atoms with Gasteiger partial charge in [0, 0.05) is 32.4 Å². The maximum absolute atomic E-state index is 13.1. The van der Waals surface area contributed by atoms with Crippen molar-refractivity contribution in [3.63, 3.8) is 0 Å². The summed E-state index contributed by atoms with van der Waals surface area (Å²) in [6.07, 6.45) is 12.2. The predicted molar refractivity (Wildman–Crippen MR) is 94.8 cm³/mol. The van der Waals surface area contributed by atoms with Crippen LogP contribution in [0.2, 0.25) is 0 Å². The molecule has 1 aliphatic heterocycles. The van der Waals surface area contributed by atoms with Crippen molar-refractivity contribution in [3.05, 3.63) is 11.7 Å². The first-order chi connectivity index (χ1) is 12.2. The molecule has 0 aromatic carbocycles. The van der Waals surface area contributed by atoms with Gasteiger partial charge in [-0.05, 0) is 49.9 Å². The Bertz CT molecular complexity index is 600. The van der Waals surface area contributed by atoms with E-state index in [4.69, 9.17) is 4.52 Å². The third kappa shape index (κ3) is 3.90. The van der Waals surface area contributed by atoms with Crippen LogP contribution < -0.4 is 0 Å². The Balaban J connectivity index is 1.33. The average Bonchev–Trinajstić information content (AvgIpc) is 3.05. The average molecular weight is 345 g/mol. The highest BCUT2D eigenvalue weighted by molar-refractivity contribution is 5.79. The number of nitrogens with zero attached hydrogens (tertiary/aromatic N) is 3. The van der Waals surface area contributed by atoms with E-state index in [0.717, 1.165) is 62.9 Å². The normalized spacial score (nSPS) is 33.1. The molecule has 138 valence electrons. The summed E-state index contributed by atoms with van der Waals surface area (Å²) in [6, 6.07) is 0. The van der Waals surface area contributed by atoms with Crippen molar-refractivity contribution in [2.75, 3.05) is 13.1 Å². The molecule has 0 bridgehead atoms. The molecule has 0 unspecified atom stereocenters. The molecule has 4 atom stereocenters. The summed E-state index contributed by atoms with van der Waals surface area (Å²) >= 11 is 0. The van der Waals surface area contributed by atoms with Crippen molar-refractivity contribution in [1.29, 1.82) is 0 Å². The maximum atomic E-state index is 13.1. The van der Waals surface area contributed by atoms with E-state index in [0.29, 0.717) is 17.7 Å². The minimum absolute atomic E-state index is 0.283. The van der Waals surface area contributed by atoms with E-state index < -0.39 is 0 Å². The highest BCUT2D eigenvalue weighted by atomic mass is 16.5. The Morgan fingerprint density at radius 2 is 1.96 bits per heavy atom. The molecule has 1 aromatic rings. The lowest BCUT2D eigenvalue weighted by Gasteiger charge is -2.41. The topological polar surface area (TPSA) is 59.2 Å². The highest BCUT2D eigenvalue weighted by Crippen LogP contribution is 2.43. The molecule has 2 heterocycles. The lowest BCUT2D eigenvalue weighted by molar-refractivity contribution is -0.139. The first kappa shape index (κ1) is 17.0. The number of carbonyl (C=O) groups is 1. The van der Waals surface area contributed by atoms with E-state index in [1.54, 1.807) is 0 Å². The zero-order chi connectivity index (χ0) is 17.2. The Labute approximate surface area is 150 Å². The lowest BCUT2D eigenvalue weighted by atomic mass is 9.67. The van der Waals surface area contributed by atoms with Gasteiger partial charge in [0.2, 0.25) is 11.8 Å². The number of aromatic nitrogens is 2. The monoisotopic (exact) mass is 345 g/mol. The molecule has 0 radical (unpaired) electrons. The SMILES string of the molecule is Cc1nc(C[C@@H]2CCCN(C(=O)[C@@H]3CC[C@H]4CCCC[C@@H]4C3)C2)no1. The largest absolute Gasteiger partial charge is 0.342 e. The minimum Gasteiger partial charge on any atom is -0.342 e.